The summed E-state index contributed by atoms with van der Waals surface area (Å²) in [6, 6.07) is 11.8. The first-order valence-electron chi connectivity index (χ1n) is 7.36. The van der Waals surface area contributed by atoms with Crippen molar-refractivity contribution < 1.29 is 14.2 Å². The summed E-state index contributed by atoms with van der Waals surface area (Å²) in [6.45, 7) is 4.14. The maximum atomic E-state index is 5.13. The molecule has 0 atom stereocenters. The molecule has 122 valence electrons. The molecule has 2 N–H and O–H groups in total. The molecule has 21 heavy (non-hydrogen) atoms. The maximum absolute atomic E-state index is 5.13. The molecule has 5 nitrogen and oxygen atoms in total. The minimum atomic E-state index is -0.213. The van der Waals surface area contributed by atoms with Crippen molar-refractivity contribution in [1.29, 1.82) is 0 Å². The van der Waals surface area contributed by atoms with Gasteiger partial charge in [-0.05, 0) is 24.6 Å². The SMILES string of the molecule is COOC.CO[SiH2]CCCNCCNCc1ccccc1. The normalized spacial score (nSPS) is 10.6. The van der Waals surface area contributed by atoms with Crippen LogP contribution < -0.4 is 10.6 Å². The van der Waals surface area contributed by atoms with Crippen molar-refractivity contribution >= 4 is 9.76 Å². The van der Waals surface area contributed by atoms with Gasteiger partial charge in [0.05, 0.1) is 14.2 Å². The molecular weight excluding hydrogens is 284 g/mol. The Labute approximate surface area is 131 Å². The Kier molecular flexibility index (Phi) is 16.7. The highest BCUT2D eigenvalue weighted by atomic mass is 28.2. The zero-order chi connectivity index (χ0) is 15.6. The Morgan fingerprint density at radius 3 is 2.19 bits per heavy atom. The van der Waals surface area contributed by atoms with E-state index in [-0.39, 0.29) is 9.76 Å². The van der Waals surface area contributed by atoms with Gasteiger partial charge in [-0.1, -0.05) is 30.3 Å². The van der Waals surface area contributed by atoms with Crippen molar-refractivity contribution in [1.82, 2.24) is 10.6 Å². The lowest BCUT2D eigenvalue weighted by atomic mass is 10.2. The molecule has 6 heteroatoms. The smallest absolute Gasteiger partial charge is 0.161 e. The second-order valence-electron chi connectivity index (χ2n) is 4.45. The fourth-order valence-corrected chi connectivity index (χ4v) is 2.37. The molecule has 0 saturated carbocycles. The molecular formula is C15H30N2O3Si. The van der Waals surface area contributed by atoms with Crippen LogP contribution in [0.1, 0.15) is 12.0 Å². The summed E-state index contributed by atoms with van der Waals surface area (Å²) in [6.07, 6.45) is 1.25. The van der Waals surface area contributed by atoms with E-state index in [0.29, 0.717) is 0 Å². The summed E-state index contributed by atoms with van der Waals surface area (Å²) < 4.78 is 5.13. The van der Waals surface area contributed by atoms with Gasteiger partial charge >= 0.3 is 0 Å². The molecule has 0 aromatic heterocycles. The topological polar surface area (TPSA) is 51.8 Å². The lowest BCUT2D eigenvalue weighted by molar-refractivity contribution is -0.248. The van der Waals surface area contributed by atoms with Crippen LogP contribution >= 0.6 is 0 Å². The fraction of sp³-hybridized carbons (Fsp3) is 0.600. The Morgan fingerprint density at radius 1 is 0.905 bits per heavy atom. The van der Waals surface area contributed by atoms with Crippen LogP contribution in [0.5, 0.6) is 0 Å². The summed E-state index contributed by atoms with van der Waals surface area (Å²) in [7, 11) is 4.52. The predicted octanol–water partition coefficient (Wildman–Crippen LogP) is 1.10. The van der Waals surface area contributed by atoms with Gasteiger partial charge in [-0.3, -0.25) is 0 Å². The number of hydrogen-bond acceptors (Lipinski definition) is 5. The van der Waals surface area contributed by atoms with Crippen molar-refractivity contribution in [3.8, 4) is 0 Å². The first-order valence-corrected chi connectivity index (χ1v) is 8.94. The lowest BCUT2D eigenvalue weighted by Crippen LogP contribution is -2.27. The van der Waals surface area contributed by atoms with Gasteiger partial charge in [-0.25, -0.2) is 9.78 Å². The van der Waals surface area contributed by atoms with E-state index in [4.69, 9.17) is 4.43 Å². The van der Waals surface area contributed by atoms with E-state index < -0.39 is 0 Å². The summed E-state index contributed by atoms with van der Waals surface area (Å²) in [4.78, 5) is 8.08. The minimum absolute atomic E-state index is 0.213. The average molecular weight is 315 g/mol. The standard InChI is InChI=1S/C13H24N2OSi.C2H6O2/c1-16-17-11-5-8-14-9-10-15-12-13-6-3-2-4-7-13;1-3-4-2/h2-4,6-7,14-15H,5,8-12,17H2,1H3;1-2H3. The number of rotatable bonds is 11. The van der Waals surface area contributed by atoms with Gasteiger partial charge < -0.3 is 15.1 Å². The van der Waals surface area contributed by atoms with Crippen LogP contribution in [-0.4, -0.2) is 50.7 Å². The highest BCUT2D eigenvalue weighted by molar-refractivity contribution is 6.26. The van der Waals surface area contributed by atoms with Gasteiger partial charge in [0.15, 0.2) is 9.76 Å². The second-order valence-corrected chi connectivity index (χ2v) is 6.14. The highest BCUT2D eigenvalue weighted by Crippen LogP contribution is 1.96. The van der Waals surface area contributed by atoms with E-state index in [9.17, 15) is 0 Å². The van der Waals surface area contributed by atoms with Crippen molar-refractivity contribution in [3.63, 3.8) is 0 Å². The molecule has 0 radical (unpaired) electrons. The van der Waals surface area contributed by atoms with E-state index in [0.717, 1.165) is 26.2 Å². The Bertz CT molecular complexity index is 300. The van der Waals surface area contributed by atoms with E-state index in [1.54, 1.807) is 0 Å². The third kappa shape index (κ3) is 15.4. The van der Waals surface area contributed by atoms with Crippen LogP contribution in [0, 0.1) is 0 Å². The summed E-state index contributed by atoms with van der Waals surface area (Å²) in [5.41, 5.74) is 1.35. The van der Waals surface area contributed by atoms with Crippen LogP contribution in [0.3, 0.4) is 0 Å². The van der Waals surface area contributed by atoms with Crippen molar-refractivity contribution in [2.24, 2.45) is 0 Å². The Balaban J connectivity index is 0.000000885. The lowest BCUT2D eigenvalue weighted by Gasteiger charge is -2.06. The van der Waals surface area contributed by atoms with Gasteiger partial charge in [0.2, 0.25) is 0 Å². The number of hydrogen-bond donors (Lipinski definition) is 2. The highest BCUT2D eigenvalue weighted by Gasteiger charge is 1.91. The second kappa shape index (κ2) is 17.3. The molecule has 0 heterocycles. The molecule has 0 aliphatic heterocycles. The molecule has 0 spiro atoms. The molecule has 0 bridgehead atoms. The number of benzene rings is 1. The quantitative estimate of drug-likeness (QED) is 0.277. The molecule has 0 fully saturated rings. The third-order valence-corrected chi connectivity index (χ3v) is 3.97. The van der Waals surface area contributed by atoms with E-state index in [1.807, 2.05) is 13.2 Å². The maximum Gasteiger partial charge on any atom is 0.161 e. The van der Waals surface area contributed by atoms with E-state index >= 15 is 0 Å². The molecule has 1 aromatic rings. The van der Waals surface area contributed by atoms with Crippen LogP contribution in [0.15, 0.2) is 30.3 Å². The molecule has 0 saturated heterocycles. The van der Waals surface area contributed by atoms with Gasteiger partial charge in [-0.15, -0.1) is 0 Å². The first kappa shape index (κ1) is 20.2. The van der Waals surface area contributed by atoms with Crippen LogP contribution in [0.2, 0.25) is 6.04 Å². The molecule has 0 amide bonds. The van der Waals surface area contributed by atoms with Crippen LogP contribution in [-0.2, 0) is 20.7 Å². The summed E-state index contributed by atoms with van der Waals surface area (Å²) in [5, 5.41) is 6.86. The summed E-state index contributed by atoms with van der Waals surface area (Å²) in [5.74, 6) is 0. The van der Waals surface area contributed by atoms with E-state index in [2.05, 4.69) is 44.7 Å². The monoisotopic (exact) mass is 314 g/mol. The zero-order valence-corrected chi connectivity index (χ0v) is 15.0. The Morgan fingerprint density at radius 2 is 1.57 bits per heavy atom. The molecule has 1 rings (SSSR count). The largest absolute Gasteiger partial charge is 0.427 e. The van der Waals surface area contributed by atoms with E-state index in [1.165, 1.54) is 32.2 Å². The molecule has 0 unspecified atom stereocenters. The van der Waals surface area contributed by atoms with Crippen molar-refractivity contribution in [2.75, 3.05) is 41.0 Å². The Hall–Kier alpha value is -0.763. The first-order chi connectivity index (χ1) is 10.3. The molecule has 0 aliphatic rings. The average Bonchev–Trinajstić information content (AvgIpc) is 2.54. The predicted molar refractivity (Wildman–Crippen MR) is 90.0 cm³/mol. The van der Waals surface area contributed by atoms with Gasteiger partial charge in [0, 0.05) is 26.7 Å². The van der Waals surface area contributed by atoms with Gasteiger partial charge in [0.25, 0.3) is 0 Å². The van der Waals surface area contributed by atoms with Crippen LogP contribution in [0.4, 0.5) is 0 Å². The van der Waals surface area contributed by atoms with Crippen molar-refractivity contribution in [2.45, 2.75) is 19.0 Å². The van der Waals surface area contributed by atoms with Gasteiger partial charge in [-0.2, -0.15) is 0 Å². The fourth-order valence-electron chi connectivity index (χ4n) is 1.63. The van der Waals surface area contributed by atoms with Crippen LogP contribution in [0.25, 0.3) is 0 Å². The zero-order valence-electron chi connectivity index (χ0n) is 13.6. The van der Waals surface area contributed by atoms with Gasteiger partial charge in [0.1, 0.15) is 0 Å². The third-order valence-electron chi connectivity index (χ3n) is 2.77. The number of nitrogens with one attached hydrogen (secondary N) is 2. The van der Waals surface area contributed by atoms with Crippen molar-refractivity contribution in [3.05, 3.63) is 35.9 Å². The molecule has 0 aliphatic carbocycles. The summed E-state index contributed by atoms with van der Waals surface area (Å²) >= 11 is 0. The minimum Gasteiger partial charge on any atom is -0.427 e. The molecule has 1 aromatic carbocycles.